The van der Waals surface area contributed by atoms with Crippen LogP contribution in [-0.2, 0) is 0 Å². The van der Waals surface area contributed by atoms with Gasteiger partial charge in [0.25, 0.3) is 0 Å². The smallest absolute Gasteiger partial charge is 0.155 e. The van der Waals surface area contributed by atoms with Crippen molar-refractivity contribution >= 4 is 5.82 Å². The number of H-pyrrole nitrogens is 1. The van der Waals surface area contributed by atoms with Gasteiger partial charge in [0, 0.05) is 17.8 Å². The molecule has 1 aromatic carbocycles. The minimum absolute atomic E-state index is 0.607. The molecule has 0 radical (unpaired) electrons. The Morgan fingerprint density at radius 1 is 1.24 bits per heavy atom. The zero-order valence-corrected chi connectivity index (χ0v) is 10.6. The first-order valence-electron chi connectivity index (χ1n) is 6.02. The van der Waals surface area contributed by atoms with E-state index in [-0.39, 0.29) is 0 Å². The minimum Gasteiger partial charge on any atom is -0.368 e. The van der Waals surface area contributed by atoms with Crippen LogP contribution in [0.3, 0.4) is 0 Å². The van der Waals surface area contributed by atoms with Crippen molar-refractivity contribution in [3.05, 3.63) is 36.0 Å². The Bertz CT molecular complexity index is 471. The highest BCUT2D eigenvalue weighted by Gasteiger charge is 2.11. The van der Waals surface area contributed by atoms with Gasteiger partial charge in [0.15, 0.2) is 5.82 Å². The van der Waals surface area contributed by atoms with Gasteiger partial charge in [-0.3, -0.25) is 5.10 Å². The number of anilines is 1. The molecule has 90 valence electrons. The number of benzene rings is 1. The van der Waals surface area contributed by atoms with Crippen LogP contribution in [0.15, 0.2) is 30.3 Å². The summed E-state index contributed by atoms with van der Waals surface area (Å²) in [6, 6.07) is 10.3. The molecule has 0 atom stereocenters. The van der Waals surface area contributed by atoms with Crippen LogP contribution in [0.5, 0.6) is 0 Å². The van der Waals surface area contributed by atoms with Crippen LogP contribution < -0.4 is 5.32 Å². The van der Waals surface area contributed by atoms with Crippen LogP contribution in [-0.4, -0.2) is 16.7 Å². The van der Waals surface area contributed by atoms with E-state index in [0.717, 1.165) is 18.1 Å². The van der Waals surface area contributed by atoms with Crippen molar-refractivity contribution in [2.75, 3.05) is 11.9 Å². The van der Waals surface area contributed by atoms with E-state index >= 15 is 0 Å². The third kappa shape index (κ3) is 2.67. The Labute approximate surface area is 102 Å². The molecule has 0 spiro atoms. The fourth-order valence-corrected chi connectivity index (χ4v) is 1.82. The van der Waals surface area contributed by atoms with E-state index in [1.807, 2.05) is 18.2 Å². The quantitative estimate of drug-likeness (QED) is 0.843. The monoisotopic (exact) mass is 229 g/mol. The molecule has 0 aliphatic carbocycles. The van der Waals surface area contributed by atoms with E-state index in [2.05, 4.69) is 48.4 Å². The number of hydrogen-bond donors (Lipinski definition) is 2. The van der Waals surface area contributed by atoms with Gasteiger partial charge in [0.1, 0.15) is 0 Å². The predicted octanol–water partition coefficient (Wildman–Crippen LogP) is 3.45. The lowest BCUT2D eigenvalue weighted by Gasteiger charge is -2.09. The predicted molar refractivity (Wildman–Crippen MR) is 72.1 cm³/mol. The molecule has 0 aliphatic heterocycles. The highest BCUT2D eigenvalue weighted by atomic mass is 15.2. The van der Waals surface area contributed by atoms with E-state index in [1.165, 1.54) is 11.1 Å². The fraction of sp³-hybridized carbons (Fsp3) is 0.357. The Balaban J connectivity index is 2.30. The molecule has 2 rings (SSSR count). The van der Waals surface area contributed by atoms with E-state index in [1.54, 1.807) is 0 Å². The summed E-state index contributed by atoms with van der Waals surface area (Å²) in [5.41, 5.74) is 3.47. The molecule has 2 aromatic rings. The molecule has 0 fully saturated rings. The zero-order valence-electron chi connectivity index (χ0n) is 10.6. The Morgan fingerprint density at radius 3 is 2.59 bits per heavy atom. The lowest BCUT2D eigenvalue weighted by Crippen LogP contribution is -2.08. The van der Waals surface area contributed by atoms with Crippen LogP contribution in [0, 0.1) is 12.8 Å². The normalized spacial score (nSPS) is 10.8. The third-order valence-electron chi connectivity index (χ3n) is 2.69. The lowest BCUT2D eigenvalue weighted by atomic mass is 10.1. The molecule has 0 bridgehead atoms. The third-order valence-corrected chi connectivity index (χ3v) is 2.69. The maximum absolute atomic E-state index is 4.33. The Kier molecular flexibility index (Phi) is 3.47. The molecule has 0 saturated carbocycles. The molecule has 0 unspecified atom stereocenters. The van der Waals surface area contributed by atoms with Crippen LogP contribution in [0.2, 0.25) is 0 Å². The minimum atomic E-state index is 0.607. The van der Waals surface area contributed by atoms with Gasteiger partial charge < -0.3 is 5.32 Å². The van der Waals surface area contributed by atoms with Gasteiger partial charge in [-0.25, -0.2) is 0 Å². The van der Waals surface area contributed by atoms with E-state index in [4.69, 9.17) is 0 Å². The van der Waals surface area contributed by atoms with Gasteiger partial charge in [-0.2, -0.15) is 5.10 Å². The van der Waals surface area contributed by atoms with Crippen molar-refractivity contribution < 1.29 is 0 Å². The molecule has 3 nitrogen and oxygen atoms in total. The van der Waals surface area contributed by atoms with E-state index < -0.39 is 0 Å². The van der Waals surface area contributed by atoms with Crippen LogP contribution in [0.1, 0.15) is 19.5 Å². The van der Waals surface area contributed by atoms with Crippen LogP contribution >= 0.6 is 0 Å². The van der Waals surface area contributed by atoms with Crippen molar-refractivity contribution in [2.24, 2.45) is 5.92 Å². The molecule has 3 heteroatoms. The maximum atomic E-state index is 4.33. The summed E-state index contributed by atoms with van der Waals surface area (Å²) in [6.45, 7) is 7.36. The van der Waals surface area contributed by atoms with Gasteiger partial charge in [0.05, 0.1) is 0 Å². The van der Waals surface area contributed by atoms with Gasteiger partial charge in [-0.05, 0) is 18.4 Å². The highest BCUT2D eigenvalue weighted by Crippen LogP contribution is 2.29. The van der Waals surface area contributed by atoms with E-state index in [0.29, 0.717) is 5.92 Å². The summed E-state index contributed by atoms with van der Waals surface area (Å²) in [6.07, 6.45) is 0. The highest BCUT2D eigenvalue weighted by molar-refractivity contribution is 5.77. The molecule has 0 amide bonds. The van der Waals surface area contributed by atoms with Crippen LogP contribution in [0.25, 0.3) is 11.1 Å². The SMILES string of the molecule is Cc1[nH]nc(NCC(C)C)c1-c1ccccc1. The molecule has 2 N–H and O–H groups in total. The number of aromatic nitrogens is 2. The van der Waals surface area contributed by atoms with Gasteiger partial charge in [0.2, 0.25) is 0 Å². The topological polar surface area (TPSA) is 40.7 Å². The first-order chi connectivity index (χ1) is 8.18. The zero-order chi connectivity index (χ0) is 12.3. The number of aryl methyl sites for hydroxylation is 1. The largest absolute Gasteiger partial charge is 0.368 e. The summed E-state index contributed by atoms with van der Waals surface area (Å²) >= 11 is 0. The number of aromatic amines is 1. The number of hydrogen-bond acceptors (Lipinski definition) is 2. The first kappa shape index (κ1) is 11.7. The second-order valence-electron chi connectivity index (χ2n) is 4.71. The molecule has 1 aromatic heterocycles. The Hall–Kier alpha value is -1.77. The molecular weight excluding hydrogens is 210 g/mol. The molecular formula is C14H19N3. The van der Waals surface area contributed by atoms with E-state index in [9.17, 15) is 0 Å². The maximum Gasteiger partial charge on any atom is 0.155 e. The van der Waals surface area contributed by atoms with Crippen molar-refractivity contribution in [3.8, 4) is 11.1 Å². The number of nitrogens with one attached hydrogen (secondary N) is 2. The first-order valence-corrected chi connectivity index (χ1v) is 6.02. The van der Waals surface area contributed by atoms with Crippen LogP contribution in [0.4, 0.5) is 5.82 Å². The average Bonchev–Trinajstić information content (AvgIpc) is 2.69. The summed E-state index contributed by atoms with van der Waals surface area (Å²) in [7, 11) is 0. The second-order valence-corrected chi connectivity index (χ2v) is 4.71. The molecule has 0 saturated heterocycles. The fourth-order valence-electron chi connectivity index (χ4n) is 1.82. The number of nitrogens with zero attached hydrogens (tertiary/aromatic N) is 1. The average molecular weight is 229 g/mol. The second kappa shape index (κ2) is 5.04. The summed E-state index contributed by atoms with van der Waals surface area (Å²) in [4.78, 5) is 0. The van der Waals surface area contributed by atoms with Crippen molar-refractivity contribution in [1.29, 1.82) is 0 Å². The van der Waals surface area contributed by atoms with Crippen molar-refractivity contribution in [1.82, 2.24) is 10.2 Å². The number of rotatable bonds is 4. The molecule has 17 heavy (non-hydrogen) atoms. The van der Waals surface area contributed by atoms with Gasteiger partial charge in [-0.1, -0.05) is 44.2 Å². The van der Waals surface area contributed by atoms with Crippen molar-refractivity contribution in [3.63, 3.8) is 0 Å². The van der Waals surface area contributed by atoms with Gasteiger partial charge >= 0.3 is 0 Å². The standard InChI is InChI=1S/C14H19N3/c1-10(2)9-15-14-13(11(3)16-17-14)12-7-5-4-6-8-12/h4-8,10H,9H2,1-3H3,(H2,15,16,17). The Morgan fingerprint density at radius 2 is 1.94 bits per heavy atom. The summed E-state index contributed by atoms with van der Waals surface area (Å²) < 4.78 is 0. The van der Waals surface area contributed by atoms with Gasteiger partial charge in [-0.15, -0.1) is 0 Å². The summed E-state index contributed by atoms with van der Waals surface area (Å²) in [5, 5.41) is 10.8. The summed E-state index contributed by atoms with van der Waals surface area (Å²) in [5.74, 6) is 1.55. The lowest BCUT2D eigenvalue weighted by molar-refractivity contribution is 0.687. The van der Waals surface area contributed by atoms with Crippen molar-refractivity contribution in [2.45, 2.75) is 20.8 Å². The molecule has 1 heterocycles. The molecule has 0 aliphatic rings.